The summed E-state index contributed by atoms with van der Waals surface area (Å²) in [6.45, 7) is 1.96. The standard InChI is InChI=1S/C20H14N4S/c1-14-12-17(15-8-4-2-5-9-15)24-20(22-14)19(25-13-21)18(23-24)16-10-6-3-7-11-16/h2-12H,1H3. The molecule has 0 bridgehead atoms. The summed E-state index contributed by atoms with van der Waals surface area (Å²) in [7, 11) is 0. The fourth-order valence-electron chi connectivity index (χ4n) is 2.86. The lowest BCUT2D eigenvalue weighted by molar-refractivity contribution is 0.941. The van der Waals surface area contributed by atoms with Gasteiger partial charge in [0.2, 0.25) is 0 Å². The Labute approximate surface area is 149 Å². The molecular weight excluding hydrogens is 328 g/mol. The SMILES string of the molecule is Cc1cc(-c2ccccc2)n2nc(-c3ccccc3)c(SC#N)c2n1. The number of nitriles is 1. The van der Waals surface area contributed by atoms with Gasteiger partial charge in [0.15, 0.2) is 5.65 Å². The van der Waals surface area contributed by atoms with Crippen LogP contribution in [0.3, 0.4) is 0 Å². The van der Waals surface area contributed by atoms with Crippen molar-refractivity contribution in [1.29, 1.82) is 5.26 Å². The average Bonchev–Trinajstić information content (AvgIpc) is 3.01. The van der Waals surface area contributed by atoms with Crippen molar-refractivity contribution in [2.45, 2.75) is 11.8 Å². The summed E-state index contributed by atoms with van der Waals surface area (Å²) in [5.74, 6) is 0. The second-order valence-electron chi connectivity index (χ2n) is 5.62. The van der Waals surface area contributed by atoms with Crippen LogP contribution in [0.4, 0.5) is 0 Å². The first-order valence-electron chi connectivity index (χ1n) is 7.85. The van der Waals surface area contributed by atoms with E-state index in [-0.39, 0.29) is 0 Å². The van der Waals surface area contributed by atoms with Crippen molar-refractivity contribution in [2.24, 2.45) is 0 Å². The van der Waals surface area contributed by atoms with E-state index in [2.05, 4.69) is 22.5 Å². The van der Waals surface area contributed by atoms with Gasteiger partial charge >= 0.3 is 0 Å². The summed E-state index contributed by atoms with van der Waals surface area (Å²) < 4.78 is 1.84. The van der Waals surface area contributed by atoms with Gasteiger partial charge in [-0.15, -0.1) is 0 Å². The maximum Gasteiger partial charge on any atom is 0.171 e. The van der Waals surface area contributed by atoms with Crippen LogP contribution in [-0.2, 0) is 0 Å². The summed E-state index contributed by atoms with van der Waals surface area (Å²) >= 11 is 1.11. The number of hydrogen-bond acceptors (Lipinski definition) is 4. The Morgan fingerprint density at radius 1 is 0.960 bits per heavy atom. The first-order chi connectivity index (χ1) is 12.3. The molecule has 0 unspecified atom stereocenters. The lowest BCUT2D eigenvalue weighted by Gasteiger charge is -2.06. The number of thiocyanates is 1. The van der Waals surface area contributed by atoms with E-state index in [1.807, 2.05) is 66.0 Å². The summed E-state index contributed by atoms with van der Waals surface area (Å²) in [5.41, 5.74) is 5.39. The number of hydrogen-bond donors (Lipinski definition) is 0. The topological polar surface area (TPSA) is 54.0 Å². The van der Waals surface area contributed by atoms with E-state index in [9.17, 15) is 5.26 Å². The predicted octanol–water partition coefficient (Wildman–Crippen LogP) is 4.94. The molecule has 2 heterocycles. The smallest absolute Gasteiger partial charge is 0.171 e. The summed E-state index contributed by atoms with van der Waals surface area (Å²) in [4.78, 5) is 5.44. The highest BCUT2D eigenvalue weighted by Gasteiger charge is 2.19. The highest BCUT2D eigenvalue weighted by Crippen LogP contribution is 2.35. The average molecular weight is 342 g/mol. The van der Waals surface area contributed by atoms with Crippen molar-refractivity contribution in [3.8, 4) is 27.9 Å². The third-order valence-electron chi connectivity index (χ3n) is 3.94. The van der Waals surface area contributed by atoms with Gasteiger partial charge in [-0.2, -0.15) is 10.4 Å². The zero-order valence-corrected chi connectivity index (χ0v) is 14.4. The van der Waals surface area contributed by atoms with Gasteiger partial charge in [-0.25, -0.2) is 9.50 Å². The fourth-order valence-corrected chi connectivity index (χ4v) is 3.43. The number of nitrogens with zero attached hydrogens (tertiary/aromatic N) is 4. The quantitative estimate of drug-likeness (QED) is 0.391. The van der Waals surface area contributed by atoms with Crippen LogP contribution in [0.5, 0.6) is 0 Å². The van der Waals surface area contributed by atoms with Gasteiger partial charge in [0, 0.05) is 16.8 Å². The molecule has 0 atom stereocenters. The van der Waals surface area contributed by atoms with Gasteiger partial charge in [-0.3, -0.25) is 0 Å². The monoisotopic (exact) mass is 342 g/mol. The van der Waals surface area contributed by atoms with Crippen LogP contribution in [-0.4, -0.2) is 14.6 Å². The largest absolute Gasteiger partial charge is 0.233 e. The van der Waals surface area contributed by atoms with Gasteiger partial charge in [-0.05, 0) is 24.8 Å². The summed E-state index contributed by atoms with van der Waals surface area (Å²) in [6, 6.07) is 22.0. The molecule has 0 amide bonds. The van der Waals surface area contributed by atoms with Crippen LogP contribution in [0, 0.1) is 17.6 Å². The minimum absolute atomic E-state index is 0.712. The molecule has 25 heavy (non-hydrogen) atoms. The number of aromatic nitrogens is 3. The van der Waals surface area contributed by atoms with E-state index in [1.165, 1.54) is 0 Å². The predicted molar refractivity (Wildman–Crippen MR) is 100 cm³/mol. The Hall–Kier alpha value is -3.10. The Balaban J connectivity index is 2.06. The zero-order valence-electron chi connectivity index (χ0n) is 13.5. The molecule has 0 fully saturated rings. The number of aryl methyl sites for hydroxylation is 1. The Morgan fingerprint density at radius 3 is 2.24 bits per heavy atom. The Kier molecular flexibility index (Phi) is 3.96. The molecule has 0 spiro atoms. The number of rotatable bonds is 3. The van der Waals surface area contributed by atoms with Gasteiger partial charge < -0.3 is 0 Å². The van der Waals surface area contributed by atoms with Gasteiger partial charge in [0.05, 0.1) is 10.6 Å². The molecule has 0 saturated carbocycles. The van der Waals surface area contributed by atoms with Crippen LogP contribution >= 0.6 is 11.8 Å². The molecule has 4 nitrogen and oxygen atoms in total. The minimum atomic E-state index is 0.712. The van der Waals surface area contributed by atoms with Crippen molar-refractivity contribution >= 4 is 17.4 Å². The van der Waals surface area contributed by atoms with Crippen molar-refractivity contribution in [2.75, 3.05) is 0 Å². The van der Waals surface area contributed by atoms with Gasteiger partial charge in [0.25, 0.3) is 0 Å². The number of benzene rings is 2. The van der Waals surface area contributed by atoms with Crippen LogP contribution in [0.25, 0.3) is 28.2 Å². The molecule has 2 aromatic heterocycles. The molecule has 4 rings (SSSR count). The molecule has 0 aliphatic carbocycles. The molecule has 0 radical (unpaired) electrons. The molecule has 0 aliphatic rings. The third kappa shape index (κ3) is 2.77. The zero-order chi connectivity index (χ0) is 17.2. The lowest BCUT2D eigenvalue weighted by atomic mass is 10.1. The number of thioether (sulfide) groups is 1. The van der Waals surface area contributed by atoms with Gasteiger partial charge in [-0.1, -0.05) is 60.7 Å². The third-order valence-corrected chi connectivity index (χ3v) is 4.61. The second kappa shape index (κ2) is 6.42. The molecule has 0 N–H and O–H groups in total. The van der Waals surface area contributed by atoms with Crippen molar-refractivity contribution in [3.63, 3.8) is 0 Å². The van der Waals surface area contributed by atoms with Crippen LogP contribution in [0.15, 0.2) is 71.6 Å². The van der Waals surface area contributed by atoms with E-state index in [0.717, 1.165) is 44.9 Å². The van der Waals surface area contributed by atoms with Crippen molar-refractivity contribution < 1.29 is 0 Å². The highest BCUT2D eigenvalue weighted by molar-refractivity contribution is 8.04. The fraction of sp³-hybridized carbons (Fsp3) is 0.0500. The Morgan fingerprint density at radius 2 is 1.60 bits per heavy atom. The van der Waals surface area contributed by atoms with Crippen LogP contribution in [0.2, 0.25) is 0 Å². The molecule has 5 heteroatoms. The summed E-state index contributed by atoms with van der Waals surface area (Å²) in [5, 5.41) is 16.2. The first kappa shape index (κ1) is 15.4. The van der Waals surface area contributed by atoms with E-state index < -0.39 is 0 Å². The van der Waals surface area contributed by atoms with Crippen molar-refractivity contribution in [3.05, 3.63) is 72.4 Å². The van der Waals surface area contributed by atoms with Crippen molar-refractivity contribution in [1.82, 2.24) is 14.6 Å². The van der Waals surface area contributed by atoms with Gasteiger partial charge in [0.1, 0.15) is 11.1 Å². The molecular formula is C20H14N4S. The van der Waals surface area contributed by atoms with Crippen LogP contribution < -0.4 is 0 Å². The molecule has 0 saturated heterocycles. The normalized spacial score (nSPS) is 10.7. The van der Waals surface area contributed by atoms with E-state index in [1.54, 1.807) is 0 Å². The van der Waals surface area contributed by atoms with E-state index >= 15 is 0 Å². The highest BCUT2D eigenvalue weighted by atomic mass is 32.2. The first-order valence-corrected chi connectivity index (χ1v) is 8.67. The molecule has 0 aliphatic heterocycles. The maximum atomic E-state index is 9.27. The van der Waals surface area contributed by atoms with E-state index in [4.69, 9.17) is 5.10 Å². The lowest BCUT2D eigenvalue weighted by Crippen LogP contribution is -1.98. The summed E-state index contributed by atoms with van der Waals surface area (Å²) in [6.07, 6.45) is 0. The van der Waals surface area contributed by atoms with Crippen LogP contribution in [0.1, 0.15) is 5.69 Å². The molecule has 2 aromatic carbocycles. The minimum Gasteiger partial charge on any atom is -0.233 e. The molecule has 4 aromatic rings. The Bertz CT molecular complexity index is 1080. The molecule has 120 valence electrons. The number of fused-ring (bicyclic) bond motifs is 1. The second-order valence-corrected chi connectivity index (χ2v) is 6.42. The van der Waals surface area contributed by atoms with E-state index in [0.29, 0.717) is 5.65 Å². The maximum absolute atomic E-state index is 9.27.